The lowest BCUT2D eigenvalue weighted by atomic mass is 9.87. The molecule has 2 N–H and O–H groups in total. The van der Waals surface area contributed by atoms with Gasteiger partial charge >= 0.3 is 5.97 Å². The monoisotopic (exact) mass is 267 g/mol. The van der Waals surface area contributed by atoms with Crippen LogP contribution in [0.3, 0.4) is 0 Å². The van der Waals surface area contributed by atoms with Crippen molar-refractivity contribution in [1.29, 1.82) is 0 Å². The van der Waals surface area contributed by atoms with Crippen LogP contribution in [0.25, 0.3) is 0 Å². The Balaban J connectivity index is 1.84. The predicted octanol–water partition coefficient (Wildman–Crippen LogP) is 3.36. The van der Waals surface area contributed by atoms with Crippen LogP contribution in [0.5, 0.6) is 0 Å². The number of carbonyl (C=O) groups excluding carboxylic acids is 1. The van der Waals surface area contributed by atoms with Gasteiger partial charge in [0.2, 0.25) is 5.91 Å². The summed E-state index contributed by atoms with van der Waals surface area (Å²) >= 11 is 1.10. The Hall–Kier alpha value is -1.36. The molecule has 1 aromatic heterocycles. The van der Waals surface area contributed by atoms with E-state index in [1.54, 1.807) is 6.07 Å². The Kier molecular flexibility index (Phi) is 4.36. The van der Waals surface area contributed by atoms with Crippen LogP contribution in [0.15, 0.2) is 12.1 Å². The normalized spacial score (nSPS) is 16.4. The Bertz CT molecular complexity index is 435. The van der Waals surface area contributed by atoms with Crippen LogP contribution in [-0.2, 0) is 4.79 Å². The first kappa shape index (κ1) is 13.1. The second kappa shape index (κ2) is 6.00. The van der Waals surface area contributed by atoms with Gasteiger partial charge < -0.3 is 10.4 Å². The highest BCUT2D eigenvalue weighted by atomic mass is 32.1. The van der Waals surface area contributed by atoms with Crippen molar-refractivity contribution < 1.29 is 14.7 Å². The summed E-state index contributed by atoms with van der Waals surface area (Å²) in [6, 6.07) is 3.16. The first-order chi connectivity index (χ1) is 8.65. The SMILES string of the molecule is O=C(CC1CCCCC1)Nc1ccc(C(=O)O)s1. The van der Waals surface area contributed by atoms with Gasteiger partial charge in [0.25, 0.3) is 0 Å². The van der Waals surface area contributed by atoms with Gasteiger partial charge in [-0.3, -0.25) is 4.79 Å². The maximum atomic E-state index is 11.8. The number of nitrogens with one attached hydrogen (secondary N) is 1. The number of carbonyl (C=O) groups is 2. The molecule has 1 aliphatic carbocycles. The quantitative estimate of drug-likeness (QED) is 0.879. The summed E-state index contributed by atoms with van der Waals surface area (Å²) < 4.78 is 0. The van der Waals surface area contributed by atoms with E-state index in [0.717, 1.165) is 24.2 Å². The fourth-order valence-electron chi connectivity index (χ4n) is 2.36. The van der Waals surface area contributed by atoms with Gasteiger partial charge in [0.15, 0.2) is 0 Å². The van der Waals surface area contributed by atoms with Crippen LogP contribution in [0.4, 0.5) is 5.00 Å². The molecule has 0 unspecified atom stereocenters. The van der Waals surface area contributed by atoms with Gasteiger partial charge in [0.1, 0.15) is 4.88 Å². The molecule has 0 bridgehead atoms. The standard InChI is InChI=1S/C13H17NO3S/c15-11(8-9-4-2-1-3-5-9)14-12-7-6-10(18-12)13(16)17/h6-7,9H,1-5,8H2,(H,14,15)(H,16,17). The molecule has 1 fully saturated rings. The summed E-state index contributed by atoms with van der Waals surface area (Å²) in [5.74, 6) is -0.453. The van der Waals surface area contributed by atoms with Crippen molar-refractivity contribution in [2.24, 2.45) is 5.92 Å². The van der Waals surface area contributed by atoms with E-state index in [4.69, 9.17) is 5.11 Å². The second-order valence-corrected chi connectivity index (χ2v) is 5.81. The lowest BCUT2D eigenvalue weighted by Gasteiger charge is -2.20. The molecule has 1 heterocycles. The molecule has 1 aliphatic rings. The lowest BCUT2D eigenvalue weighted by Crippen LogP contribution is -2.17. The van der Waals surface area contributed by atoms with E-state index in [1.165, 1.54) is 25.3 Å². The molecule has 5 heteroatoms. The Morgan fingerprint density at radius 2 is 2.00 bits per heavy atom. The molecule has 0 aromatic carbocycles. The molecule has 0 atom stereocenters. The van der Waals surface area contributed by atoms with Crippen molar-refractivity contribution in [3.63, 3.8) is 0 Å². The van der Waals surface area contributed by atoms with E-state index in [0.29, 0.717) is 17.3 Å². The number of thiophene rings is 1. The molecule has 4 nitrogen and oxygen atoms in total. The number of rotatable bonds is 4. The first-order valence-electron chi connectivity index (χ1n) is 6.28. The summed E-state index contributed by atoms with van der Waals surface area (Å²) in [6.07, 6.45) is 6.56. The molecule has 2 rings (SSSR count). The summed E-state index contributed by atoms with van der Waals surface area (Å²) in [7, 11) is 0. The molecular formula is C13H17NO3S. The van der Waals surface area contributed by atoms with Crippen LogP contribution in [-0.4, -0.2) is 17.0 Å². The number of hydrogen-bond acceptors (Lipinski definition) is 3. The molecule has 1 saturated carbocycles. The average Bonchev–Trinajstić information content (AvgIpc) is 2.78. The summed E-state index contributed by atoms with van der Waals surface area (Å²) in [5.41, 5.74) is 0. The van der Waals surface area contributed by atoms with E-state index >= 15 is 0 Å². The number of carboxylic acid groups (broad SMARTS) is 1. The van der Waals surface area contributed by atoms with Crippen molar-refractivity contribution in [2.45, 2.75) is 38.5 Å². The van der Waals surface area contributed by atoms with Crippen LogP contribution < -0.4 is 5.32 Å². The van der Waals surface area contributed by atoms with Crippen molar-refractivity contribution in [3.8, 4) is 0 Å². The molecule has 1 aromatic rings. The highest BCUT2D eigenvalue weighted by Crippen LogP contribution is 2.27. The van der Waals surface area contributed by atoms with Gasteiger partial charge in [-0.2, -0.15) is 0 Å². The van der Waals surface area contributed by atoms with Crippen molar-refractivity contribution in [3.05, 3.63) is 17.0 Å². The molecule has 18 heavy (non-hydrogen) atoms. The maximum absolute atomic E-state index is 11.8. The predicted molar refractivity (Wildman–Crippen MR) is 71.1 cm³/mol. The highest BCUT2D eigenvalue weighted by Gasteiger charge is 2.17. The Morgan fingerprint density at radius 1 is 1.28 bits per heavy atom. The van der Waals surface area contributed by atoms with Gasteiger partial charge in [-0.05, 0) is 30.9 Å². The highest BCUT2D eigenvalue weighted by molar-refractivity contribution is 7.18. The molecule has 1 amide bonds. The van der Waals surface area contributed by atoms with E-state index in [1.807, 2.05) is 0 Å². The molecule has 98 valence electrons. The van der Waals surface area contributed by atoms with E-state index in [-0.39, 0.29) is 10.8 Å². The van der Waals surface area contributed by atoms with E-state index < -0.39 is 5.97 Å². The third kappa shape index (κ3) is 3.57. The van der Waals surface area contributed by atoms with Crippen LogP contribution in [0, 0.1) is 5.92 Å². The first-order valence-corrected chi connectivity index (χ1v) is 7.10. The largest absolute Gasteiger partial charge is 0.477 e. The van der Waals surface area contributed by atoms with E-state index in [9.17, 15) is 9.59 Å². The van der Waals surface area contributed by atoms with Gasteiger partial charge in [-0.15, -0.1) is 11.3 Å². The summed E-state index contributed by atoms with van der Waals surface area (Å²) in [6.45, 7) is 0. The van der Waals surface area contributed by atoms with Gasteiger partial charge in [0, 0.05) is 6.42 Å². The number of hydrogen-bond donors (Lipinski definition) is 2. The molecule has 0 saturated heterocycles. The minimum Gasteiger partial charge on any atom is -0.477 e. The maximum Gasteiger partial charge on any atom is 0.345 e. The molecule has 0 aliphatic heterocycles. The lowest BCUT2D eigenvalue weighted by molar-refractivity contribution is -0.117. The van der Waals surface area contributed by atoms with Crippen molar-refractivity contribution in [1.82, 2.24) is 0 Å². The van der Waals surface area contributed by atoms with Gasteiger partial charge in [-0.1, -0.05) is 19.3 Å². The topological polar surface area (TPSA) is 66.4 Å². The zero-order valence-electron chi connectivity index (χ0n) is 10.1. The Morgan fingerprint density at radius 3 is 2.61 bits per heavy atom. The van der Waals surface area contributed by atoms with E-state index in [2.05, 4.69) is 5.32 Å². The number of carboxylic acids is 1. The fourth-order valence-corrected chi connectivity index (χ4v) is 3.12. The van der Waals surface area contributed by atoms with Gasteiger partial charge in [-0.25, -0.2) is 4.79 Å². The smallest absolute Gasteiger partial charge is 0.345 e. The van der Waals surface area contributed by atoms with Crippen LogP contribution >= 0.6 is 11.3 Å². The number of amides is 1. The zero-order chi connectivity index (χ0) is 13.0. The number of anilines is 1. The number of aromatic carboxylic acids is 1. The fraction of sp³-hybridized carbons (Fsp3) is 0.538. The Labute approximate surface area is 110 Å². The van der Waals surface area contributed by atoms with Crippen molar-refractivity contribution >= 4 is 28.2 Å². The van der Waals surface area contributed by atoms with Gasteiger partial charge in [0.05, 0.1) is 5.00 Å². The third-order valence-corrected chi connectivity index (χ3v) is 4.27. The zero-order valence-corrected chi connectivity index (χ0v) is 11.0. The molecule has 0 radical (unpaired) electrons. The second-order valence-electron chi connectivity index (χ2n) is 4.73. The van der Waals surface area contributed by atoms with Crippen molar-refractivity contribution in [2.75, 3.05) is 5.32 Å². The minimum atomic E-state index is -0.951. The van der Waals surface area contributed by atoms with Crippen LogP contribution in [0.1, 0.15) is 48.2 Å². The third-order valence-electron chi connectivity index (χ3n) is 3.28. The van der Waals surface area contributed by atoms with Crippen LogP contribution in [0.2, 0.25) is 0 Å². The summed E-state index contributed by atoms with van der Waals surface area (Å²) in [5, 5.41) is 12.2. The molecular weight excluding hydrogens is 250 g/mol. The minimum absolute atomic E-state index is 0.000638. The average molecular weight is 267 g/mol. The summed E-state index contributed by atoms with van der Waals surface area (Å²) in [4.78, 5) is 22.8. The molecule has 0 spiro atoms.